The Balaban J connectivity index is 1.55. The summed E-state index contributed by atoms with van der Waals surface area (Å²) in [7, 11) is 0. The topological polar surface area (TPSA) is 54.3 Å². The van der Waals surface area contributed by atoms with Crippen LogP contribution in [0.1, 0.15) is 6.92 Å². The minimum atomic E-state index is -0.298. The first kappa shape index (κ1) is 20.6. The lowest BCUT2D eigenvalue weighted by Crippen LogP contribution is -2.49. The molecule has 3 aromatic rings. The van der Waals surface area contributed by atoms with Crippen LogP contribution in [0.2, 0.25) is 0 Å². The van der Waals surface area contributed by atoms with Gasteiger partial charge in [0.25, 0.3) is 0 Å². The molecule has 0 N–H and O–H groups in total. The van der Waals surface area contributed by atoms with Crippen LogP contribution in [0.25, 0.3) is 17.1 Å². The molecule has 30 heavy (non-hydrogen) atoms. The summed E-state index contributed by atoms with van der Waals surface area (Å²) in [4.78, 5) is 17.0. The van der Waals surface area contributed by atoms with Gasteiger partial charge in [-0.05, 0) is 42.9 Å². The average molecular weight is 426 g/mol. The molecule has 1 saturated heterocycles. The Morgan fingerprint density at radius 2 is 1.70 bits per heavy atom. The van der Waals surface area contributed by atoms with Crippen LogP contribution in [-0.4, -0.2) is 68.9 Å². The van der Waals surface area contributed by atoms with E-state index in [0.29, 0.717) is 16.7 Å². The zero-order valence-corrected chi connectivity index (χ0v) is 17.7. The number of benzene rings is 2. The molecule has 0 unspecified atom stereocenters. The SMILES string of the molecule is CCN1CCN(C(=O)CSc2nnc(-c3ccc(F)cc3)n2-c2ccccc2)CC1. The number of carbonyl (C=O) groups is 1. The Kier molecular flexibility index (Phi) is 6.44. The fourth-order valence-electron chi connectivity index (χ4n) is 3.49. The van der Waals surface area contributed by atoms with Crippen LogP contribution in [0.15, 0.2) is 59.8 Å². The Morgan fingerprint density at radius 3 is 2.37 bits per heavy atom. The molecule has 0 atom stereocenters. The van der Waals surface area contributed by atoms with Gasteiger partial charge < -0.3 is 9.80 Å². The zero-order chi connectivity index (χ0) is 20.9. The number of aromatic nitrogens is 3. The first-order valence-corrected chi connectivity index (χ1v) is 11.0. The van der Waals surface area contributed by atoms with Gasteiger partial charge in [0.15, 0.2) is 11.0 Å². The number of hydrogen-bond acceptors (Lipinski definition) is 5. The summed E-state index contributed by atoms with van der Waals surface area (Å²) in [5.74, 6) is 0.739. The van der Waals surface area contributed by atoms with E-state index in [9.17, 15) is 9.18 Å². The lowest BCUT2D eigenvalue weighted by atomic mass is 10.2. The molecule has 0 saturated carbocycles. The van der Waals surface area contributed by atoms with Crippen LogP contribution in [0.5, 0.6) is 0 Å². The van der Waals surface area contributed by atoms with E-state index in [2.05, 4.69) is 22.0 Å². The number of nitrogens with zero attached hydrogens (tertiary/aromatic N) is 5. The summed E-state index contributed by atoms with van der Waals surface area (Å²) >= 11 is 1.38. The monoisotopic (exact) mass is 425 g/mol. The number of halogens is 1. The predicted molar refractivity (Wildman–Crippen MR) is 116 cm³/mol. The Labute approximate surface area is 179 Å². The number of carbonyl (C=O) groups excluding carboxylic acids is 1. The summed E-state index contributed by atoms with van der Waals surface area (Å²) in [5, 5.41) is 9.32. The molecule has 1 aliphatic rings. The minimum absolute atomic E-state index is 0.113. The maximum Gasteiger partial charge on any atom is 0.233 e. The maximum atomic E-state index is 13.4. The van der Waals surface area contributed by atoms with Crippen molar-refractivity contribution >= 4 is 17.7 Å². The third-order valence-corrected chi connectivity index (χ3v) is 6.16. The number of para-hydroxylation sites is 1. The van der Waals surface area contributed by atoms with Crippen molar-refractivity contribution in [3.8, 4) is 17.1 Å². The highest BCUT2D eigenvalue weighted by Gasteiger charge is 2.22. The van der Waals surface area contributed by atoms with E-state index in [1.165, 1.54) is 23.9 Å². The van der Waals surface area contributed by atoms with Crippen LogP contribution in [-0.2, 0) is 4.79 Å². The smallest absolute Gasteiger partial charge is 0.233 e. The second-order valence-electron chi connectivity index (χ2n) is 7.09. The van der Waals surface area contributed by atoms with Crippen LogP contribution in [0, 0.1) is 5.82 Å². The van der Waals surface area contributed by atoms with Crippen LogP contribution >= 0.6 is 11.8 Å². The summed E-state index contributed by atoms with van der Waals surface area (Å²) in [6, 6.07) is 15.9. The van der Waals surface area contributed by atoms with Gasteiger partial charge in [0.2, 0.25) is 5.91 Å². The largest absolute Gasteiger partial charge is 0.339 e. The van der Waals surface area contributed by atoms with Gasteiger partial charge in [0, 0.05) is 37.4 Å². The van der Waals surface area contributed by atoms with Gasteiger partial charge in [0.05, 0.1) is 5.75 Å². The molecule has 2 heterocycles. The molecule has 0 spiro atoms. The second kappa shape index (κ2) is 9.40. The van der Waals surface area contributed by atoms with Gasteiger partial charge in [0.1, 0.15) is 5.82 Å². The van der Waals surface area contributed by atoms with E-state index < -0.39 is 0 Å². The second-order valence-corrected chi connectivity index (χ2v) is 8.03. The molecule has 8 heteroatoms. The molecule has 4 rings (SSSR count). The van der Waals surface area contributed by atoms with Gasteiger partial charge in [-0.3, -0.25) is 9.36 Å². The predicted octanol–water partition coefficient (Wildman–Crippen LogP) is 3.33. The Morgan fingerprint density at radius 1 is 1.00 bits per heavy atom. The lowest BCUT2D eigenvalue weighted by Gasteiger charge is -2.34. The number of amides is 1. The maximum absolute atomic E-state index is 13.4. The van der Waals surface area contributed by atoms with Crippen molar-refractivity contribution in [3.63, 3.8) is 0 Å². The first-order valence-electron chi connectivity index (χ1n) is 10.1. The molecule has 6 nitrogen and oxygen atoms in total. The Bertz CT molecular complexity index is 985. The highest BCUT2D eigenvalue weighted by Crippen LogP contribution is 2.28. The van der Waals surface area contributed by atoms with Crippen LogP contribution in [0.3, 0.4) is 0 Å². The third kappa shape index (κ3) is 4.55. The molecule has 2 aromatic carbocycles. The van der Waals surface area contributed by atoms with Crippen molar-refractivity contribution in [2.45, 2.75) is 12.1 Å². The summed E-state index contributed by atoms with van der Waals surface area (Å²) in [6.45, 7) is 6.52. The molecule has 1 aromatic heterocycles. The molecule has 156 valence electrons. The minimum Gasteiger partial charge on any atom is -0.339 e. The highest BCUT2D eigenvalue weighted by molar-refractivity contribution is 7.99. The molecular weight excluding hydrogens is 401 g/mol. The first-order chi connectivity index (χ1) is 14.7. The van der Waals surface area contributed by atoms with E-state index in [-0.39, 0.29) is 11.7 Å². The van der Waals surface area contributed by atoms with E-state index in [4.69, 9.17) is 0 Å². The highest BCUT2D eigenvalue weighted by atomic mass is 32.2. The number of thioether (sulfide) groups is 1. The van der Waals surface area contributed by atoms with Crippen molar-refractivity contribution < 1.29 is 9.18 Å². The van der Waals surface area contributed by atoms with Crippen molar-refractivity contribution in [2.75, 3.05) is 38.5 Å². The van der Waals surface area contributed by atoms with Crippen molar-refractivity contribution in [1.82, 2.24) is 24.6 Å². The number of rotatable bonds is 6. The zero-order valence-electron chi connectivity index (χ0n) is 16.9. The van der Waals surface area contributed by atoms with Gasteiger partial charge >= 0.3 is 0 Å². The Hall–Kier alpha value is -2.71. The summed E-state index contributed by atoms with van der Waals surface area (Å²) < 4.78 is 15.3. The molecule has 0 radical (unpaired) electrons. The molecule has 1 aliphatic heterocycles. The molecule has 0 bridgehead atoms. The van der Waals surface area contributed by atoms with Crippen LogP contribution < -0.4 is 0 Å². The van der Waals surface area contributed by atoms with Gasteiger partial charge in [-0.2, -0.15) is 0 Å². The van der Waals surface area contributed by atoms with Crippen molar-refractivity contribution in [1.29, 1.82) is 0 Å². The van der Waals surface area contributed by atoms with Gasteiger partial charge in [-0.15, -0.1) is 10.2 Å². The fourth-order valence-corrected chi connectivity index (χ4v) is 4.34. The quantitative estimate of drug-likeness (QED) is 0.567. The normalized spacial score (nSPS) is 14.8. The molecule has 1 fully saturated rings. The summed E-state index contributed by atoms with van der Waals surface area (Å²) in [5.41, 5.74) is 1.66. The summed E-state index contributed by atoms with van der Waals surface area (Å²) in [6.07, 6.45) is 0. The van der Waals surface area contributed by atoms with Crippen molar-refractivity contribution in [2.24, 2.45) is 0 Å². The number of piperazine rings is 1. The van der Waals surface area contributed by atoms with E-state index >= 15 is 0 Å². The van der Waals surface area contributed by atoms with Crippen molar-refractivity contribution in [3.05, 3.63) is 60.4 Å². The molecule has 1 amide bonds. The lowest BCUT2D eigenvalue weighted by molar-refractivity contribution is -0.130. The van der Waals surface area contributed by atoms with Crippen LogP contribution in [0.4, 0.5) is 4.39 Å². The van der Waals surface area contributed by atoms with E-state index in [1.54, 1.807) is 12.1 Å². The van der Waals surface area contributed by atoms with Gasteiger partial charge in [-0.25, -0.2) is 4.39 Å². The van der Waals surface area contributed by atoms with E-state index in [1.807, 2.05) is 39.8 Å². The molecular formula is C22H24FN5OS. The fraction of sp³-hybridized carbons (Fsp3) is 0.318. The number of hydrogen-bond donors (Lipinski definition) is 0. The molecule has 0 aliphatic carbocycles. The number of likely N-dealkylation sites (N-methyl/N-ethyl adjacent to an activating group) is 1. The standard InChI is InChI=1S/C22H24FN5OS/c1-2-26-12-14-27(15-13-26)20(29)16-30-22-25-24-21(17-8-10-18(23)11-9-17)28(22)19-6-4-3-5-7-19/h3-11H,2,12-16H2,1H3. The van der Waals surface area contributed by atoms with E-state index in [0.717, 1.165) is 44.0 Å². The average Bonchev–Trinajstić information content (AvgIpc) is 3.22. The van der Waals surface area contributed by atoms with Gasteiger partial charge in [-0.1, -0.05) is 36.9 Å². The third-order valence-electron chi connectivity index (χ3n) is 5.25.